The fraction of sp³-hybridized carbons (Fsp3) is 0.214. The third-order valence-corrected chi connectivity index (χ3v) is 3.26. The third kappa shape index (κ3) is 2.34. The zero-order chi connectivity index (χ0) is 12.3. The smallest absolute Gasteiger partial charge is 0.338 e. The SMILES string of the molecule is CCOC(=O)c1ccc(CBr)c2ccccc12. The summed E-state index contributed by atoms with van der Waals surface area (Å²) in [6, 6.07) is 11.7. The number of carbonyl (C=O) groups excluding carboxylic acids is 1. The number of alkyl halides is 1. The summed E-state index contributed by atoms with van der Waals surface area (Å²) in [4.78, 5) is 11.8. The summed E-state index contributed by atoms with van der Waals surface area (Å²) in [6.07, 6.45) is 0. The van der Waals surface area contributed by atoms with Gasteiger partial charge in [0.25, 0.3) is 0 Å². The Balaban J connectivity index is 2.62. The summed E-state index contributed by atoms with van der Waals surface area (Å²) >= 11 is 3.45. The topological polar surface area (TPSA) is 26.3 Å². The molecule has 0 unspecified atom stereocenters. The summed E-state index contributed by atoms with van der Waals surface area (Å²) in [5, 5.41) is 2.81. The Labute approximate surface area is 109 Å². The number of hydrogen-bond donors (Lipinski definition) is 0. The summed E-state index contributed by atoms with van der Waals surface area (Å²) in [7, 11) is 0. The maximum absolute atomic E-state index is 11.8. The highest BCUT2D eigenvalue weighted by molar-refractivity contribution is 9.08. The lowest BCUT2D eigenvalue weighted by Crippen LogP contribution is -2.05. The van der Waals surface area contributed by atoms with Gasteiger partial charge in [-0.1, -0.05) is 46.3 Å². The Morgan fingerprint density at radius 2 is 1.88 bits per heavy atom. The predicted molar refractivity (Wildman–Crippen MR) is 72.5 cm³/mol. The van der Waals surface area contributed by atoms with E-state index in [0.29, 0.717) is 12.2 Å². The molecule has 0 bridgehead atoms. The highest BCUT2D eigenvalue weighted by Gasteiger charge is 2.12. The molecule has 2 rings (SSSR count). The van der Waals surface area contributed by atoms with E-state index >= 15 is 0 Å². The van der Waals surface area contributed by atoms with E-state index in [0.717, 1.165) is 16.1 Å². The van der Waals surface area contributed by atoms with Crippen molar-refractivity contribution in [2.24, 2.45) is 0 Å². The van der Waals surface area contributed by atoms with Gasteiger partial charge in [0.05, 0.1) is 12.2 Å². The monoisotopic (exact) mass is 292 g/mol. The molecular weight excluding hydrogens is 280 g/mol. The number of rotatable bonds is 3. The maximum atomic E-state index is 11.8. The number of hydrogen-bond acceptors (Lipinski definition) is 2. The minimum Gasteiger partial charge on any atom is -0.462 e. The van der Waals surface area contributed by atoms with Crippen LogP contribution >= 0.6 is 15.9 Å². The van der Waals surface area contributed by atoms with Crippen LogP contribution in [0.1, 0.15) is 22.8 Å². The summed E-state index contributed by atoms with van der Waals surface area (Å²) in [5.41, 5.74) is 1.81. The van der Waals surface area contributed by atoms with Gasteiger partial charge in [-0.25, -0.2) is 4.79 Å². The normalized spacial score (nSPS) is 10.5. The lowest BCUT2D eigenvalue weighted by atomic mass is 10.0. The van der Waals surface area contributed by atoms with Gasteiger partial charge in [-0.15, -0.1) is 0 Å². The van der Waals surface area contributed by atoms with Crippen molar-refractivity contribution in [3.05, 3.63) is 47.5 Å². The van der Waals surface area contributed by atoms with Crippen molar-refractivity contribution in [2.75, 3.05) is 6.61 Å². The summed E-state index contributed by atoms with van der Waals surface area (Å²) in [5.74, 6) is -0.259. The molecule has 88 valence electrons. The molecule has 17 heavy (non-hydrogen) atoms. The first-order valence-corrected chi connectivity index (χ1v) is 6.63. The van der Waals surface area contributed by atoms with Gasteiger partial charge in [-0.05, 0) is 29.3 Å². The van der Waals surface area contributed by atoms with Crippen LogP contribution in [0.3, 0.4) is 0 Å². The predicted octanol–water partition coefficient (Wildman–Crippen LogP) is 3.91. The van der Waals surface area contributed by atoms with Gasteiger partial charge in [0.2, 0.25) is 0 Å². The van der Waals surface area contributed by atoms with Gasteiger partial charge < -0.3 is 4.74 Å². The van der Waals surface area contributed by atoms with Crippen molar-refractivity contribution in [1.29, 1.82) is 0 Å². The molecule has 0 N–H and O–H groups in total. The molecular formula is C14H13BrO2. The molecule has 0 fully saturated rings. The Morgan fingerprint density at radius 1 is 1.18 bits per heavy atom. The molecule has 0 heterocycles. The van der Waals surface area contributed by atoms with Crippen molar-refractivity contribution >= 4 is 32.7 Å². The molecule has 0 aromatic heterocycles. The number of benzene rings is 2. The fourth-order valence-corrected chi connectivity index (χ4v) is 2.35. The van der Waals surface area contributed by atoms with Crippen molar-refractivity contribution in [1.82, 2.24) is 0 Å². The number of esters is 1. The molecule has 0 aliphatic rings. The van der Waals surface area contributed by atoms with Crippen molar-refractivity contribution in [3.8, 4) is 0 Å². The average molecular weight is 293 g/mol. The van der Waals surface area contributed by atoms with E-state index in [2.05, 4.69) is 15.9 Å². The lowest BCUT2D eigenvalue weighted by Gasteiger charge is -2.09. The minimum absolute atomic E-state index is 0.259. The molecule has 0 radical (unpaired) electrons. The fourth-order valence-electron chi connectivity index (χ4n) is 1.86. The second-order valence-corrected chi connectivity index (χ2v) is 4.23. The molecule has 0 saturated heterocycles. The molecule has 2 aromatic carbocycles. The third-order valence-electron chi connectivity index (χ3n) is 2.65. The van der Waals surface area contributed by atoms with E-state index in [1.54, 1.807) is 0 Å². The molecule has 2 nitrogen and oxygen atoms in total. The number of carbonyl (C=O) groups is 1. The van der Waals surface area contributed by atoms with Gasteiger partial charge >= 0.3 is 5.97 Å². The molecule has 0 amide bonds. The molecule has 3 heteroatoms. The van der Waals surface area contributed by atoms with Gasteiger partial charge in [-0.2, -0.15) is 0 Å². The number of halogens is 1. The van der Waals surface area contributed by atoms with E-state index < -0.39 is 0 Å². The lowest BCUT2D eigenvalue weighted by molar-refractivity contribution is 0.0528. The van der Waals surface area contributed by atoms with Crippen LogP contribution in [0, 0.1) is 0 Å². The van der Waals surface area contributed by atoms with Crippen molar-refractivity contribution < 1.29 is 9.53 Å². The second kappa shape index (κ2) is 5.32. The van der Waals surface area contributed by atoms with Crippen LogP contribution in [0.2, 0.25) is 0 Å². The van der Waals surface area contributed by atoms with Crippen LogP contribution in [0.25, 0.3) is 10.8 Å². The van der Waals surface area contributed by atoms with Gasteiger partial charge in [0.1, 0.15) is 0 Å². The average Bonchev–Trinajstić information content (AvgIpc) is 2.37. The van der Waals surface area contributed by atoms with E-state index in [4.69, 9.17) is 4.74 Å². The molecule has 2 aromatic rings. The Bertz CT molecular complexity index is 549. The first kappa shape index (κ1) is 12.1. The van der Waals surface area contributed by atoms with Crippen LogP contribution in [-0.4, -0.2) is 12.6 Å². The van der Waals surface area contributed by atoms with E-state index in [1.165, 1.54) is 5.56 Å². The van der Waals surface area contributed by atoms with Gasteiger partial charge in [-0.3, -0.25) is 0 Å². The zero-order valence-corrected chi connectivity index (χ0v) is 11.2. The van der Waals surface area contributed by atoms with E-state index in [-0.39, 0.29) is 5.97 Å². The number of fused-ring (bicyclic) bond motifs is 1. The number of ether oxygens (including phenoxy) is 1. The first-order valence-electron chi connectivity index (χ1n) is 5.51. The molecule has 0 aliphatic heterocycles. The largest absolute Gasteiger partial charge is 0.462 e. The van der Waals surface area contributed by atoms with Crippen molar-refractivity contribution in [3.63, 3.8) is 0 Å². The van der Waals surface area contributed by atoms with E-state index in [9.17, 15) is 4.79 Å². The summed E-state index contributed by atoms with van der Waals surface area (Å²) < 4.78 is 5.06. The molecule has 0 atom stereocenters. The Kier molecular flexibility index (Phi) is 3.79. The second-order valence-electron chi connectivity index (χ2n) is 3.67. The van der Waals surface area contributed by atoms with Crippen LogP contribution in [0.15, 0.2) is 36.4 Å². The Morgan fingerprint density at radius 3 is 2.53 bits per heavy atom. The maximum Gasteiger partial charge on any atom is 0.338 e. The minimum atomic E-state index is -0.259. The quantitative estimate of drug-likeness (QED) is 0.633. The Hall–Kier alpha value is -1.35. The highest BCUT2D eigenvalue weighted by atomic mass is 79.9. The molecule has 0 spiro atoms. The summed E-state index contributed by atoms with van der Waals surface area (Å²) in [6.45, 7) is 2.21. The standard InChI is InChI=1S/C14H13BrO2/c1-2-17-14(16)13-8-7-10(9-15)11-5-3-4-6-12(11)13/h3-8H,2,9H2,1H3. The van der Waals surface area contributed by atoms with Crippen LogP contribution < -0.4 is 0 Å². The highest BCUT2D eigenvalue weighted by Crippen LogP contribution is 2.25. The van der Waals surface area contributed by atoms with Crippen LogP contribution in [0.4, 0.5) is 0 Å². The molecule has 0 saturated carbocycles. The van der Waals surface area contributed by atoms with Crippen LogP contribution in [-0.2, 0) is 10.1 Å². The van der Waals surface area contributed by atoms with Crippen LogP contribution in [0.5, 0.6) is 0 Å². The van der Waals surface area contributed by atoms with Crippen molar-refractivity contribution in [2.45, 2.75) is 12.3 Å². The van der Waals surface area contributed by atoms with E-state index in [1.807, 2.05) is 43.3 Å². The molecule has 0 aliphatic carbocycles. The zero-order valence-electron chi connectivity index (χ0n) is 9.57. The first-order chi connectivity index (χ1) is 8.27. The van der Waals surface area contributed by atoms with Gasteiger partial charge in [0, 0.05) is 5.33 Å². The van der Waals surface area contributed by atoms with Gasteiger partial charge in [0.15, 0.2) is 0 Å².